The van der Waals surface area contributed by atoms with E-state index in [4.69, 9.17) is 25.7 Å². The molecule has 0 radical (unpaired) electrons. The van der Waals surface area contributed by atoms with Gasteiger partial charge in [0.1, 0.15) is 30.3 Å². The summed E-state index contributed by atoms with van der Waals surface area (Å²) in [6.45, 7) is 6.17. The smallest absolute Gasteiger partial charge is 0.408 e. The maximum Gasteiger partial charge on any atom is 0.408 e. The van der Waals surface area contributed by atoms with E-state index in [-0.39, 0.29) is 24.9 Å². The Labute approximate surface area is 294 Å². The summed E-state index contributed by atoms with van der Waals surface area (Å²) in [4.78, 5) is 45.0. The molecule has 0 aliphatic carbocycles. The van der Waals surface area contributed by atoms with Crippen LogP contribution < -0.4 is 26.8 Å². The molecule has 0 saturated heterocycles. The Morgan fingerprint density at radius 2 is 1.62 bits per heavy atom. The highest BCUT2D eigenvalue weighted by atomic mass is 16.6. The Morgan fingerprint density at radius 1 is 0.940 bits per heavy atom. The Kier molecular flexibility index (Phi) is 17.7. The van der Waals surface area contributed by atoms with Gasteiger partial charge in [-0.2, -0.15) is 0 Å². The standard InChI is InChI=1S/C28H32N2O5.C10H20N2O3/c1-30-24(17-27(31)34-2)14-20-9-6-10-21(13-20)22-11-12-26(23(15-22)16-25(29)28(32)33)35-18-19-7-4-3-5-8-19;1-10(2,3)15-9(14)12-8(7-13)5-4-6-11/h3-13,15,24-25,30H,14,16-18,29H2,1-2H3,(H,32,33);7-8H,4-6,11H2,1-3H3,(H,12,14)/t;8-/m.0/s1. The molecule has 3 aromatic carbocycles. The molecule has 0 aliphatic rings. The molecular formula is C38H52N4O8. The van der Waals surface area contributed by atoms with Crippen molar-refractivity contribution in [2.45, 2.75) is 83.2 Å². The van der Waals surface area contributed by atoms with Crippen LogP contribution in [0.25, 0.3) is 11.1 Å². The second-order valence-corrected chi connectivity index (χ2v) is 12.7. The lowest BCUT2D eigenvalue weighted by Crippen LogP contribution is -2.40. The molecule has 1 amide bonds. The number of carboxylic acids is 1. The molecule has 7 N–H and O–H groups in total. The first-order valence-corrected chi connectivity index (χ1v) is 16.5. The molecule has 0 saturated carbocycles. The maximum atomic E-state index is 11.7. The SMILES string of the molecule is CC(C)(C)OC(=O)N[C@H](C=O)CCCN.CNC(CC(=O)OC)Cc1cccc(-c2ccc(OCc3ccccc3)c(CC(N)C(=O)O)c2)c1. The van der Waals surface area contributed by atoms with Crippen molar-refractivity contribution in [1.29, 1.82) is 0 Å². The van der Waals surface area contributed by atoms with Crippen LogP contribution in [0.4, 0.5) is 4.79 Å². The van der Waals surface area contributed by atoms with Gasteiger partial charge in [0.25, 0.3) is 0 Å². The lowest BCUT2D eigenvalue weighted by molar-refractivity contribution is -0.141. The Hall–Kier alpha value is -4.78. The molecule has 0 aromatic heterocycles. The van der Waals surface area contributed by atoms with Crippen molar-refractivity contribution in [1.82, 2.24) is 10.6 Å². The number of alkyl carbamates (subject to hydrolysis) is 1. The summed E-state index contributed by atoms with van der Waals surface area (Å²) in [7, 11) is 3.21. The molecule has 272 valence electrons. The molecular weight excluding hydrogens is 640 g/mol. The predicted octanol–water partition coefficient (Wildman–Crippen LogP) is 4.40. The Balaban J connectivity index is 0.000000487. The van der Waals surface area contributed by atoms with Crippen molar-refractivity contribution in [2.75, 3.05) is 20.7 Å². The van der Waals surface area contributed by atoms with Gasteiger partial charge in [-0.3, -0.25) is 9.59 Å². The van der Waals surface area contributed by atoms with Gasteiger partial charge in [0.05, 0.1) is 19.6 Å². The molecule has 3 aromatic rings. The van der Waals surface area contributed by atoms with Gasteiger partial charge < -0.3 is 46.2 Å². The number of hydrogen-bond donors (Lipinski definition) is 5. The number of hydrogen-bond acceptors (Lipinski definition) is 10. The number of esters is 1. The normalized spacial score (nSPS) is 12.7. The number of likely N-dealkylation sites (N-methyl/N-ethyl adjacent to an activating group) is 1. The predicted molar refractivity (Wildman–Crippen MR) is 193 cm³/mol. The van der Waals surface area contributed by atoms with E-state index in [0.717, 1.165) is 27.8 Å². The summed E-state index contributed by atoms with van der Waals surface area (Å²) in [5.41, 5.74) is 15.3. The number of aliphatic carboxylic acids is 1. The minimum Gasteiger partial charge on any atom is -0.489 e. The largest absolute Gasteiger partial charge is 0.489 e. The molecule has 0 fully saturated rings. The van der Waals surface area contributed by atoms with Crippen molar-refractivity contribution in [3.63, 3.8) is 0 Å². The van der Waals surface area contributed by atoms with Gasteiger partial charge in [-0.05, 0) is 93.6 Å². The first-order chi connectivity index (χ1) is 23.8. The van der Waals surface area contributed by atoms with E-state index in [2.05, 4.69) is 16.7 Å². The summed E-state index contributed by atoms with van der Waals surface area (Å²) in [5.74, 6) is -0.708. The number of ether oxygens (including phenoxy) is 3. The highest BCUT2D eigenvalue weighted by Gasteiger charge is 2.19. The average molecular weight is 693 g/mol. The van der Waals surface area contributed by atoms with Crippen LogP contribution in [0.3, 0.4) is 0 Å². The molecule has 0 spiro atoms. The van der Waals surface area contributed by atoms with Gasteiger partial charge in [-0.25, -0.2) is 4.79 Å². The molecule has 12 nitrogen and oxygen atoms in total. The summed E-state index contributed by atoms with van der Waals surface area (Å²) in [6.07, 6.45) is 2.44. The van der Waals surface area contributed by atoms with Crippen molar-refractivity contribution in [3.05, 3.63) is 89.5 Å². The number of benzene rings is 3. The Morgan fingerprint density at radius 3 is 2.22 bits per heavy atom. The van der Waals surface area contributed by atoms with Crippen LogP contribution >= 0.6 is 0 Å². The van der Waals surface area contributed by atoms with Crippen LogP contribution in [0.2, 0.25) is 0 Å². The fourth-order valence-electron chi connectivity index (χ4n) is 4.81. The van der Waals surface area contributed by atoms with Crippen LogP contribution in [-0.4, -0.2) is 73.9 Å². The third-order valence-corrected chi connectivity index (χ3v) is 7.43. The third kappa shape index (κ3) is 15.6. The summed E-state index contributed by atoms with van der Waals surface area (Å²) in [6, 6.07) is 22.0. The van der Waals surface area contributed by atoms with E-state index in [0.29, 0.717) is 44.4 Å². The maximum absolute atomic E-state index is 11.7. The number of methoxy groups -OCH3 is 1. The number of carboxylic acid groups (broad SMARTS) is 1. The fourth-order valence-corrected chi connectivity index (χ4v) is 4.81. The van der Waals surface area contributed by atoms with Crippen LogP contribution in [-0.2, 0) is 43.3 Å². The van der Waals surface area contributed by atoms with E-state index in [1.165, 1.54) is 7.11 Å². The van der Waals surface area contributed by atoms with Crippen molar-refractivity contribution >= 4 is 24.3 Å². The van der Waals surface area contributed by atoms with E-state index < -0.39 is 29.7 Å². The summed E-state index contributed by atoms with van der Waals surface area (Å²) in [5, 5.41) is 15.0. The number of nitrogens with two attached hydrogens (primary N) is 2. The monoisotopic (exact) mass is 692 g/mol. The highest BCUT2D eigenvalue weighted by molar-refractivity contribution is 5.75. The number of carbonyl (C=O) groups excluding carboxylic acids is 3. The van der Waals surface area contributed by atoms with Crippen molar-refractivity contribution in [2.24, 2.45) is 11.5 Å². The van der Waals surface area contributed by atoms with Crippen LogP contribution in [0, 0.1) is 0 Å². The summed E-state index contributed by atoms with van der Waals surface area (Å²) < 4.78 is 15.8. The second-order valence-electron chi connectivity index (χ2n) is 12.7. The van der Waals surface area contributed by atoms with Crippen LogP contribution in [0.1, 0.15) is 56.7 Å². The zero-order chi connectivity index (χ0) is 37.1. The first-order valence-electron chi connectivity index (χ1n) is 16.5. The zero-order valence-corrected chi connectivity index (χ0v) is 29.6. The van der Waals surface area contributed by atoms with Crippen LogP contribution in [0.5, 0.6) is 5.75 Å². The van der Waals surface area contributed by atoms with Gasteiger partial charge in [0.2, 0.25) is 0 Å². The zero-order valence-electron chi connectivity index (χ0n) is 29.6. The van der Waals surface area contributed by atoms with Gasteiger partial charge >= 0.3 is 18.0 Å². The quantitative estimate of drug-likeness (QED) is 0.0995. The average Bonchev–Trinajstić information content (AvgIpc) is 3.09. The fraction of sp³-hybridized carbons (Fsp3) is 0.421. The van der Waals surface area contributed by atoms with Crippen molar-refractivity contribution in [3.8, 4) is 16.9 Å². The molecule has 0 heterocycles. The first kappa shape index (κ1) is 41.4. The minimum atomic E-state index is -1.06. The Bertz CT molecular complexity index is 1510. The molecule has 3 rings (SSSR count). The van der Waals surface area contributed by atoms with Gasteiger partial charge in [-0.15, -0.1) is 0 Å². The second kappa shape index (κ2) is 21.3. The minimum absolute atomic E-state index is 0.0458. The molecule has 0 bridgehead atoms. The van der Waals surface area contributed by atoms with Gasteiger partial charge in [0.15, 0.2) is 0 Å². The molecule has 0 aliphatic heterocycles. The van der Waals surface area contributed by atoms with Crippen LogP contribution in [0.15, 0.2) is 72.8 Å². The van der Waals surface area contributed by atoms with Gasteiger partial charge in [-0.1, -0.05) is 60.7 Å². The number of aldehydes is 1. The molecule has 2 unspecified atom stereocenters. The number of amides is 1. The van der Waals surface area contributed by atoms with E-state index in [9.17, 15) is 24.3 Å². The van der Waals surface area contributed by atoms with Crippen molar-refractivity contribution < 1.29 is 38.5 Å². The molecule has 12 heteroatoms. The number of carbonyl (C=O) groups is 4. The molecule has 50 heavy (non-hydrogen) atoms. The van der Waals surface area contributed by atoms with E-state index in [1.807, 2.05) is 73.8 Å². The summed E-state index contributed by atoms with van der Waals surface area (Å²) >= 11 is 0. The molecule has 3 atom stereocenters. The number of nitrogens with one attached hydrogen (secondary N) is 2. The van der Waals surface area contributed by atoms with Gasteiger partial charge in [0, 0.05) is 12.5 Å². The van der Waals surface area contributed by atoms with E-state index >= 15 is 0 Å². The lowest BCUT2D eigenvalue weighted by Gasteiger charge is -2.21. The van der Waals surface area contributed by atoms with E-state index in [1.54, 1.807) is 20.8 Å². The highest BCUT2D eigenvalue weighted by Crippen LogP contribution is 2.29. The topological polar surface area (TPSA) is 192 Å². The number of rotatable bonds is 17. The lowest BCUT2D eigenvalue weighted by atomic mass is 9.95. The third-order valence-electron chi connectivity index (χ3n) is 7.43.